The van der Waals surface area contributed by atoms with E-state index in [0.29, 0.717) is 21.8 Å². The van der Waals surface area contributed by atoms with Gasteiger partial charge in [-0.3, -0.25) is 14.4 Å². The number of amides is 3. The van der Waals surface area contributed by atoms with Gasteiger partial charge in [0, 0.05) is 26.9 Å². The van der Waals surface area contributed by atoms with Crippen LogP contribution >= 0.6 is 23.4 Å². The molecule has 1 unspecified atom stereocenters. The molecule has 8 heteroatoms. The van der Waals surface area contributed by atoms with Crippen molar-refractivity contribution >= 4 is 58.5 Å². The summed E-state index contributed by atoms with van der Waals surface area (Å²) in [6.07, 6.45) is 2.37. The Morgan fingerprint density at radius 2 is 1.55 bits per heavy atom. The van der Waals surface area contributed by atoms with Crippen molar-refractivity contribution in [3.63, 3.8) is 0 Å². The maximum Gasteiger partial charge on any atom is 0.272 e. The number of nitrogens with one attached hydrogen (secondary N) is 3. The topological polar surface area (TPSA) is 87.3 Å². The summed E-state index contributed by atoms with van der Waals surface area (Å²) in [6, 6.07) is 28.9. The molecular formula is C34H32ClN3O3S. The summed E-state index contributed by atoms with van der Waals surface area (Å²) in [7, 11) is 0. The molecule has 42 heavy (non-hydrogen) atoms. The molecule has 0 aromatic heterocycles. The Bertz CT molecular complexity index is 1600. The van der Waals surface area contributed by atoms with E-state index in [-0.39, 0.29) is 16.9 Å². The number of hydrogen-bond acceptors (Lipinski definition) is 4. The molecule has 4 rings (SSSR count). The van der Waals surface area contributed by atoms with E-state index in [2.05, 4.69) is 22.9 Å². The van der Waals surface area contributed by atoms with Crippen LogP contribution in [0.1, 0.15) is 40.9 Å². The Balaban J connectivity index is 1.44. The van der Waals surface area contributed by atoms with Gasteiger partial charge in [-0.05, 0) is 85.5 Å². The van der Waals surface area contributed by atoms with E-state index >= 15 is 0 Å². The van der Waals surface area contributed by atoms with Crippen LogP contribution in [0.25, 0.3) is 6.08 Å². The van der Waals surface area contributed by atoms with Crippen LogP contribution in [0.3, 0.4) is 0 Å². The van der Waals surface area contributed by atoms with Crippen LogP contribution in [0, 0.1) is 6.92 Å². The number of hydrogen-bond donors (Lipinski definition) is 3. The van der Waals surface area contributed by atoms with Crippen molar-refractivity contribution in [2.75, 3.05) is 10.6 Å². The summed E-state index contributed by atoms with van der Waals surface area (Å²) in [5.41, 5.74) is 4.59. The molecule has 4 aromatic rings. The molecule has 0 aliphatic heterocycles. The minimum absolute atomic E-state index is 0.0448. The smallest absolute Gasteiger partial charge is 0.272 e. The number of carbonyl (C=O) groups excluding carboxylic acids is 3. The fourth-order valence-corrected chi connectivity index (χ4v) is 5.25. The normalized spacial score (nSPS) is 11.9. The van der Waals surface area contributed by atoms with Crippen molar-refractivity contribution in [1.29, 1.82) is 0 Å². The maximum absolute atomic E-state index is 13.3. The van der Waals surface area contributed by atoms with Crippen LogP contribution < -0.4 is 16.0 Å². The van der Waals surface area contributed by atoms with Gasteiger partial charge >= 0.3 is 0 Å². The third-order valence-corrected chi connectivity index (χ3v) is 7.97. The summed E-state index contributed by atoms with van der Waals surface area (Å²) >= 11 is 7.74. The van der Waals surface area contributed by atoms with E-state index in [4.69, 9.17) is 11.6 Å². The second-order valence-electron chi connectivity index (χ2n) is 9.59. The van der Waals surface area contributed by atoms with Crippen LogP contribution in [0.5, 0.6) is 0 Å². The molecule has 0 saturated carbocycles. The van der Waals surface area contributed by atoms with E-state index in [0.717, 1.165) is 28.1 Å². The summed E-state index contributed by atoms with van der Waals surface area (Å²) in [5, 5.41) is 8.75. The third kappa shape index (κ3) is 8.12. The standard InChI is InChI=1S/C34H32ClN3O3S/c1-4-24-15-10-11-22(2)31(24)38-32(39)23(3)42-28-19-17-27(18-20-28)36-34(41)30(21-26-14-8-9-16-29(26)35)37-33(40)25-12-6-5-7-13-25/h5-21,23H,4H2,1-3H3,(H,36,41)(H,37,40)(H,38,39)/b30-21-. The number of benzene rings is 4. The number of halogens is 1. The molecule has 0 aliphatic carbocycles. The Kier molecular flexibility index (Phi) is 10.6. The molecule has 214 valence electrons. The van der Waals surface area contributed by atoms with E-state index in [1.165, 1.54) is 11.8 Å². The first-order valence-corrected chi connectivity index (χ1v) is 14.8. The first kappa shape index (κ1) is 30.6. The Morgan fingerprint density at radius 1 is 0.857 bits per heavy atom. The van der Waals surface area contributed by atoms with Crippen LogP contribution in [-0.2, 0) is 16.0 Å². The lowest BCUT2D eigenvalue weighted by Gasteiger charge is -2.16. The highest BCUT2D eigenvalue weighted by atomic mass is 35.5. The molecule has 3 N–H and O–H groups in total. The zero-order valence-corrected chi connectivity index (χ0v) is 25.2. The van der Waals surface area contributed by atoms with Gasteiger partial charge in [0.05, 0.1) is 5.25 Å². The SMILES string of the molecule is CCc1cccc(C)c1NC(=O)C(C)Sc1ccc(NC(=O)/C(=C/c2ccccc2Cl)NC(=O)c2ccccc2)cc1. The average molecular weight is 598 g/mol. The summed E-state index contributed by atoms with van der Waals surface area (Å²) in [5.74, 6) is -0.998. The monoisotopic (exact) mass is 597 g/mol. The van der Waals surface area contributed by atoms with Crippen molar-refractivity contribution in [3.05, 3.63) is 130 Å². The van der Waals surface area contributed by atoms with Crippen LogP contribution in [0.15, 0.2) is 108 Å². The van der Waals surface area contributed by atoms with Gasteiger partial charge in [-0.25, -0.2) is 0 Å². The Labute approximate surface area is 255 Å². The molecule has 0 bridgehead atoms. The highest BCUT2D eigenvalue weighted by molar-refractivity contribution is 8.00. The predicted octanol–water partition coefficient (Wildman–Crippen LogP) is 7.74. The van der Waals surface area contributed by atoms with Crippen LogP contribution in [-0.4, -0.2) is 23.0 Å². The lowest BCUT2D eigenvalue weighted by Crippen LogP contribution is -2.30. The fraction of sp³-hybridized carbons (Fsp3) is 0.147. The minimum Gasteiger partial charge on any atom is -0.325 e. The van der Waals surface area contributed by atoms with Crippen molar-refractivity contribution in [2.45, 2.75) is 37.3 Å². The van der Waals surface area contributed by atoms with Crippen molar-refractivity contribution in [2.24, 2.45) is 0 Å². The van der Waals surface area contributed by atoms with Gasteiger partial charge in [0.2, 0.25) is 5.91 Å². The molecular weight excluding hydrogens is 566 g/mol. The molecule has 3 amide bonds. The van der Waals surface area contributed by atoms with Gasteiger partial charge in [-0.1, -0.05) is 73.1 Å². The summed E-state index contributed by atoms with van der Waals surface area (Å²) < 4.78 is 0. The van der Waals surface area contributed by atoms with E-state index in [1.54, 1.807) is 66.7 Å². The Morgan fingerprint density at radius 3 is 2.24 bits per heavy atom. The minimum atomic E-state index is -0.502. The second-order valence-corrected chi connectivity index (χ2v) is 11.4. The highest BCUT2D eigenvalue weighted by Gasteiger charge is 2.18. The predicted molar refractivity (Wildman–Crippen MR) is 173 cm³/mol. The van der Waals surface area contributed by atoms with Gasteiger partial charge in [0.1, 0.15) is 5.70 Å². The number of thioether (sulfide) groups is 1. The molecule has 0 radical (unpaired) electrons. The third-order valence-electron chi connectivity index (χ3n) is 6.52. The van der Waals surface area contributed by atoms with E-state index < -0.39 is 11.8 Å². The number of rotatable bonds is 10. The number of aryl methyl sites for hydroxylation is 2. The molecule has 4 aromatic carbocycles. The maximum atomic E-state index is 13.3. The van der Waals surface area contributed by atoms with Crippen LogP contribution in [0.4, 0.5) is 11.4 Å². The zero-order chi connectivity index (χ0) is 30.1. The largest absolute Gasteiger partial charge is 0.325 e. The quantitative estimate of drug-likeness (QED) is 0.129. The molecule has 0 spiro atoms. The van der Waals surface area contributed by atoms with E-state index in [1.807, 2.05) is 50.2 Å². The zero-order valence-electron chi connectivity index (χ0n) is 23.6. The summed E-state index contributed by atoms with van der Waals surface area (Å²) in [4.78, 5) is 40.0. The Hall–Kier alpha value is -4.33. The molecule has 0 saturated heterocycles. The van der Waals surface area contributed by atoms with Crippen molar-refractivity contribution in [3.8, 4) is 0 Å². The van der Waals surface area contributed by atoms with Gasteiger partial charge in [0.15, 0.2) is 0 Å². The number of para-hydroxylation sites is 1. The number of carbonyl (C=O) groups is 3. The van der Waals surface area contributed by atoms with Gasteiger partial charge in [-0.15, -0.1) is 11.8 Å². The molecule has 1 atom stereocenters. The fourth-order valence-electron chi connectivity index (χ4n) is 4.19. The summed E-state index contributed by atoms with van der Waals surface area (Å²) in [6.45, 7) is 5.91. The first-order chi connectivity index (χ1) is 20.2. The highest BCUT2D eigenvalue weighted by Crippen LogP contribution is 2.28. The van der Waals surface area contributed by atoms with Gasteiger partial charge < -0.3 is 16.0 Å². The lowest BCUT2D eigenvalue weighted by molar-refractivity contribution is -0.115. The molecule has 0 fully saturated rings. The molecule has 0 aliphatic rings. The van der Waals surface area contributed by atoms with E-state index in [9.17, 15) is 14.4 Å². The van der Waals surface area contributed by atoms with Crippen molar-refractivity contribution < 1.29 is 14.4 Å². The number of anilines is 2. The molecule has 0 heterocycles. The van der Waals surface area contributed by atoms with Crippen LogP contribution in [0.2, 0.25) is 5.02 Å². The average Bonchev–Trinajstić information content (AvgIpc) is 3.00. The van der Waals surface area contributed by atoms with Gasteiger partial charge in [-0.2, -0.15) is 0 Å². The van der Waals surface area contributed by atoms with Gasteiger partial charge in [0.25, 0.3) is 11.8 Å². The molecule has 6 nitrogen and oxygen atoms in total. The second kappa shape index (κ2) is 14.5. The first-order valence-electron chi connectivity index (χ1n) is 13.5. The van der Waals surface area contributed by atoms with Crippen molar-refractivity contribution in [1.82, 2.24) is 5.32 Å². The lowest BCUT2D eigenvalue weighted by atomic mass is 10.1.